The van der Waals surface area contributed by atoms with Crippen LogP contribution in [0.25, 0.3) is 0 Å². The molecule has 1 aromatic rings. The van der Waals surface area contributed by atoms with Gasteiger partial charge in [0.25, 0.3) is 0 Å². The first-order valence-electron chi connectivity index (χ1n) is 8.32. The standard InChI is InChI=1S/C17H26ClN3O2/c1-2-3-8-19-17(22)21-11-9-20(10-12-21)13-14-23-16-6-4-15(18)5-7-16/h4-7H,2-3,8-14H2,1H3,(H,19,22). The first-order valence-corrected chi connectivity index (χ1v) is 8.70. The molecule has 0 aromatic heterocycles. The number of hydrogen-bond donors (Lipinski definition) is 1. The molecule has 2 rings (SSSR count). The van der Waals surface area contributed by atoms with Crippen molar-refractivity contribution >= 4 is 17.6 Å². The molecule has 0 atom stereocenters. The Balaban J connectivity index is 1.61. The maximum absolute atomic E-state index is 12.0. The normalized spacial score (nSPS) is 15.5. The van der Waals surface area contributed by atoms with Crippen LogP contribution in [-0.2, 0) is 0 Å². The lowest BCUT2D eigenvalue weighted by atomic mass is 10.3. The minimum absolute atomic E-state index is 0.0653. The molecule has 1 heterocycles. The van der Waals surface area contributed by atoms with Crippen molar-refractivity contribution in [1.29, 1.82) is 0 Å². The second kappa shape index (κ2) is 9.63. The molecule has 6 heteroatoms. The number of benzene rings is 1. The van der Waals surface area contributed by atoms with Gasteiger partial charge in [-0.3, -0.25) is 4.90 Å². The van der Waals surface area contributed by atoms with Crippen molar-refractivity contribution in [3.8, 4) is 5.75 Å². The number of amides is 2. The maximum Gasteiger partial charge on any atom is 0.317 e. The lowest BCUT2D eigenvalue weighted by molar-refractivity contribution is 0.126. The number of unbranched alkanes of at least 4 members (excludes halogenated alkanes) is 1. The predicted molar refractivity (Wildman–Crippen MR) is 93.3 cm³/mol. The molecule has 128 valence electrons. The van der Waals surface area contributed by atoms with Crippen LogP contribution < -0.4 is 10.1 Å². The minimum Gasteiger partial charge on any atom is -0.492 e. The number of ether oxygens (including phenoxy) is 1. The molecular formula is C17H26ClN3O2. The quantitative estimate of drug-likeness (QED) is 0.777. The third-order valence-corrected chi connectivity index (χ3v) is 4.21. The van der Waals surface area contributed by atoms with Crippen molar-refractivity contribution in [3.05, 3.63) is 29.3 Å². The highest BCUT2D eigenvalue weighted by atomic mass is 35.5. The monoisotopic (exact) mass is 339 g/mol. The summed E-state index contributed by atoms with van der Waals surface area (Å²) in [7, 11) is 0. The highest BCUT2D eigenvalue weighted by Gasteiger charge is 2.20. The number of carbonyl (C=O) groups is 1. The molecule has 0 spiro atoms. The van der Waals surface area contributed by atoms with Crippen molar-refractivity contribution in [2.24, 2.45) is 0 Å². The number of rotatable bonds is 7. The highest BCUT2D eigenvalue weighted by molar-refractivity contribution is 6.30. The van der Waals surface area contributed by atoms with E-state index >= 15 is 0 Å². The van der Waals surface area contributed by atoms with Crippen LogP contribution >= 0.6 is 11.6 Å². The number of piperazine rings is 1. The van der Waals surface area contributed by atoms with Gasteiger partial charge in [0, 0.05) is 44.3 Å². The summed E-state index contributed by atoms with van der Waals surface area (Å²) in [4.78, 5) is 16.2. The number of nitrogens with zero attached hydrogens (tertiary/aromatic N) is 2. The summed E-state index contributed by atoms with van der Waals surface area (Å²) in [6.07, 6.45) is 2.13. The second-order valence-electron chi connectivity index (χ2n) is 5.72. The van der Waals surface area contributed by atoms with Gasteiger partial charge in [0.2, 0.25) is 0 Å². The van der Waals surface area contributed by atoms with Crippen LogP contribution in [0, 0.1) is 0 Å². The number of nitrogens with one attached hydrogen (secondary N) is 1. The van der Waals surface area contributed by atoms with E-state index in [-0.39, 0.29) is 6.03 Å². The molecule has 2 amide bonds. The fraction of sp³-hybridized carbons (Fsp3) is 0.588. The summed E-state index contributed by atoms with van der Waals surface area (Å²) in [5.41, 5.74) is 0. The van der Waals surface area contributed by atoms with Crippen molar-refractivity contribution in [2.75, 3.05) is 45.9 Å². The van der Waals surface area contributed by atoms with Crippen molar-refractivity contribution < 1.29 is 9.53 Å². The molecule has 0 radical (unpaired) electrons. The van der Waals surface area contributed by atoms with E-state index in [0.717, 1.165) is 57.9 Å². The van der Waals surface area contributed by atoms with Gasteiger partial charge in [-0.2, -0.15) is 0 Å². The van der Waals surface area contributed by atoms with Crippen LogP contribution in [0.5, 0.6) is 5.75 Å². The summed E-state index contributed by atoms with van der Waals surface area (Å²) >= 11 is 5.85. The average molecular weight is 340 g/mol. The second-order valence-corrected chi connectivity index (χ2v) is 6.15. The molecular weight excluding hydrogens is 314 g/mol. The van der Waals surface area contributed by atoms with E-state index in [9.17, 15) is 4.79 Å². The lowest BCUT2D eigenvalue weighted by Crippen LogP contribution is -2.52. The third kappa shape index (κ3) is 6.28. The Morgan fingerprint density at radius 2 is 1.91 bits per heavy atom. The van der Waals surface area contributed by atoms with Crippen molar-refractivity contribution in [1.82, 2.24) is 15.1 Å². The molecule has 0 aliphatic carbocycles. The third-order valence-electron chi connectivity index (χ3n) is 3.96. The van der Waals surface area contributed by atoms with E-state index in [1.807, 2.05) is 29.2 Å². The summed E-state index contributed by atoms with van der Waals surface area (Å²) in [6.45, 7) is 7.74. The maximum atomic E-state index is 12.0. The van der Waals surface area contributed by atoms with Gasteiger partial charge >= 0.3 is 6.03 Å². The van der Waals surface area contributed by atoms with E-state index in [0.29, 0.717) is 11.6 Å². The SMILES string of the molecule is CCCCNC(=O)N1CCN(CCOc2ccc(Cl)cc2)CC1. The van der Waals surface area contributed by atoms with E-state index in [1.165, 1.54) is 0 Å². The Morgan fingerprint density at radius 1 is 1.22 bits per heavy atom. The molecule has 1 fully saturated rings. The zero-order valence-corrected chi connectivity index (χ0v) is 14.5. The van der Waals surface area contributed by atoms with E-state index in [1.54, 1.807) is 0 Å². The van der Waals surface area contributed by atoms with Gasteiger partial charge in [-0.15, -0.1) is 0 Å². The predicted octanol–water partition coefficient (Wildman–Crippen LogP) is 2.85. The summed E-state index contributed by atoms with van der Waals surface area (Å²) in [5.74, 6) is 0.836. The molecule has 1 saturated heterocycles. The highest BCUT2D eigenvalue weighted by Crippen LogP contribution is 2.15. The van der Waals surface area contributed by atoms with Gasteiger partial charge in [0.1, 0.15) is 12.4 Å². The average Bonchev–Trinajstić information content (AvgIpc) is 2.57. The van der Waals surface area contributed by atoms with Gasteiger partial charge < -0.3 is 15.0 Å². The first-order chi connectivity index (χ1) is 11.2. The van der Waals surface area contributed by atoms with Crippen LogP contribution in [0.15, 0.2) is 24.3 Å². The topological polar surface area (TPSA) is 44.8 Å². The summed E-state index contributed by atoms with van der Waals surface area (Å²) in [6, 6.07) is 7.47. The Morgan fingerprint density at radius 3 is 2.57 bits per heavy atom. The molecule has 0 saturated carbocycles. The number of carbonyl (C=O) groups excluding carboxylic acids is 1. The van der Waals surface area contributed by atoms with Crippen LogP contribution in [0.3, 0.4) is 0 Å². The molecule has 23 heavy (non-hydrogen) atoms. The Hall–Kier alpha value is -1.46. The van der Waals surface area contributed by atoms with Gasteiger partial charge in [-0.1, -0.05) is 24.9 Å². The molecule has 0 unspecified atom stereocenters. The van der Waals surface area contributed by atoms with Crippen molar-refractivity contribution in [2.45, 2.75) is 19.8 Å². The number of urea groups is 1. The molecule has 1 aliphatic heterocycles. The zero-order chi connectivity index (χ0) is 16.5. The zero-order valence-electron chi connectivity index (χ0n) is 13.8. The molecule has 1 aliphatic rings. The first kappa shape index (κ1) is 17.9. The Bertz CT molecular complexity index is 473. The van der Waals surface area contributed by atoms with E-state index in [2.05, 4.69) is 17.1 Å². The Kier molecular flexibility index (Phi) is 7.49. The van der Waals surface area contributed by atoms with Crippen LogP contribution in [0.1, 0.15) is 19.8 Å². The van der Waals surface area contributed by atoms with Gasteiger partial charge in [-0.05, 0) is 30.7 Å². The van der Waals surface area contributed by atoms with Crippen LogP contribution in [0.4, 0.5) is 4.79 Å². The van der Waals surface area contributed by atoms with Crippen LogP contribution in [-0.4, -0.2) is 61.7 Å². The van der Waals surface area contributed by atoms with Gasteiger partial charge in [0.15, 0.2) is 0 Å². The summed E-state index contributed by atoms with van der Waals surface area (Å²) in [5, 5.41) is 3.68. The van der Waals surface area contributed by atoms with E-state index < -0.39 is 0 Å². The van der Waals surface area contributed by atoms with Gasteiger partial charge in [-0.25, -0.2) is 4.79 Å². The molecule has 5 nitrogen and oxygen atoms in total. The summed E-state index contributed by atoms with van der Waals surface area (Å²) < 4.78 is 5.71. The Labute approximate surface area is 143 Å². The largest absolute Gasteiger partial charge is 0.492 e. The molecule has 0 bridgehead atoms. The van der Waals surface area contributed by atoms with E-state index in [4.69, 9.17) is 16.3 Å². The fourth-order valence-corrected chi connectivity index (χ4v) is 2.61. The smallest absolute Gasteiger partial charge is 0.317 e. The fourth-order valence-electron chi connectivity index (χ4n) is 2.48. The van der Waals surface area contributed by atoms with Crippen molar-refractivity contribution in [3.63, 3.8) is 0 Å². The lowest BCUT2D eigenvalue weighted by Gasteiger charge is -2.34. The van der Waals surface area contributed by atoms with Gasteiger partial charge in [0.05, 0.1) is 0 Å². The number of hydrogen-bond acceptors (Lipinski definition) is 3. The molecule has 1 aromatic carbocycles. The number of halogens is 1. The molecule has 1 N–H and O–H groups in total. The van der Waals surface area contributed by atoms with Crippen LogP contribution in [0.2, 0.25) is 5.02 Å². The minimum atomic E-state index is 0.0653.